The Hall–Kier alpha value is -10.2. The van der Waals surface area contributed by atoms with Crippen molar-refractivity contribution in [3.05, 3.63) is 295 Å². The van der Waals surface area contributed by atoms with Crippen LogP contribution in [0.2, 0.25) is 0 Å². The van der Waals surface area contributed by atoms with Crippen molar-refractivity contribution in [1.29, 1.82) is 0 Å². The number of benzene rings is 12. The summed E-state index contributed by atoms with van der Waals surface area (Å²) in [5.41, 5.74) is 23.9. The fourth-order valence-corrected chi connectivity index (χ4v) is 13.8. The standard InChI is InChI=1S/C73H45N3O/c1-3-18-48(19-4-1)75-64-30-14-9-23-54(64)59-44-47(36-42-66(59)75)46-34-37-50(38-35-46)74(68-32-17-27-56-55-24-11-16-33-69(55)77-72(56)68)51-39-40-53-52-22-7-12-28-60(52)73(63(53)45-51)61-29-13-8-25-57(61)70-62(73)41-43-67-71(70)58-26-10-15-31-65(58)76(67)49-20-5-2-6-21-49/h1-45H. The fraction of sp³-hybridized carbons (Fsp3) is 0.0137. The molecular weight excluding hydrogens is 935 g/mol. The first-order valence-corrected chi connectivity index (χ1v) is 26.6. The van der Waals surface area contributed by atoms with E-state index >= 15 is 0 Å². The molecule has 0 bridgehead atoms. The molecule has 0 amide bonds. The lowest BCUT2D eigenvalue weighted by molar-refractivity contribution is 0.669. The molecule has 3 heterocycles. The third-order valence-electron chi connectivity index (χ3n) is 16.9. The zero-order chi connectivity index (χ0) is 50.3. The summed E-state index contributed by atoms with van der Waals surface area (Å²) in [7, 11) is 0. The number of aromatic nitrogens is 2. The second kappa shape index (κ2) is 15.9. The van der Waals surface area contributed by atoms with Gasteiger partial charge in [0.2, 0.25) is 0 Å². The molecule has 1 spiro atoms. The molecular formula is C73H45N3O. The summed E-state index contributed by atoms with van der Waals surface area (Å²) in [6.07, 6.45) is 0. The Balaban J connectivity index is 0.884. The van der Waals surface area contributed by atoms with E-state index in [0.717, 1.165) is 55.9 Å². The average Bonchev–Trinajstić information content (AvgIpc) is 3.73. The largest absolute Gasteiger partial charge is 0.454 e. The summed E-state index contributed by atoms with van der Waals surface area (Å²) in [6.45, 7) is 0. The van der Waals surface area contributed by atoms with E-state index in [0.29, 0.717) is 0 Å². The van der Waals surface area contributed by atoms with Gasteiger partial charge in [0.1, 0.15) is 5.58 Å². The van der Waals surface area contributed by atoms with Gasteiger partial charge in [0.25, 0.3) is 0 Å². The molecule has 77 heavy (non-hydrogen) atoms. The molecule has 0 saturated heterocycles. The molecule has 0 aliphatic heterocycles. The highest BCUT2D eigenvalue weighted by atomic mass is 16.3. The van der Waals surface area contributed by atoms with Crippen molar-refractivity contribution in [2.24, 2.45) is 0 Å². The van der Waals surface area contributed by atoms with E-state index in [4.69, 9.17) is 4.42 Å². The van der Waals surface area contributed by atoms with Crippen molar-refractivity contribution >= 4 is 82.6 Å². The molecule has 0 saturated carbocycles. The lowest BCUT2D eigenvalue weighted by Crippen LogP contribution is -2.26. The van der Waals surface area contributed by atoms with Gasteiger partial charge >= 0.3 is 0 Å². The summed E-state index contributed by atoms with van der Waals surface area (Å²) in [5, 5.41) is 7.20. The highest BCUT2D eigenvalue weighted by molar-refractivity contribution is 6.19. The van der Waals surface area contributed by atoms with Crippen molar-refractivity contribution in [1.82, 2.24) is 9.13 Å². The second-order valence-electron chi connectivity index (χ2n) is 20.7. The van der Waals surface area contributed by atoms with Crippen LogP contribution in [-0.2, 0) is 5.41 Å². The maximum Gasteiger partial charge on any atom is 0.159 e. The third-order valence-corrected chi connectivity index (χ3v) is 16.9. The molecule has 1 unspecified atom stereocenters. The van der Waals surface area contributed by atoms with Crippen molar-refractivity contribution in [2.75, 3.05) is 4.90 Å². The van der Waals surface area contributed by atoms with Crippen molar-refractivity contribution < 1.29 is 4.42 Å². The number of anilines is 3. The van der Waals surface area contributed by atoms with Gasteiger partial charge in [-0.25, -0.2) is 0 Å². The first-order chi connectivity index (χ1) is 38.2. The van der Waals surface area contributed by atoms with Crippen molar-refractivity contribution in [3.63, 3.8) is 0 Å². The Morgan fingerprint density at radius 3 is 1.66 bits per heavy atom. The molecule has 0 N–H and O–H groups in total. The second-order valence-corrected chi connectivity index (χ2v) is 20.7. The van der Waals surface area contributed by atoms with Crippen molar-refractivity contribution in [2.45, 2.75) is 5.41 Å². The van der Waals surface area contributed by atoms with E-state index in [-0.39, 0.29) is 0 Å². The van der Waals surface area contributed by atoms with Gasteiger partial charge in [-0.3, -0.25) is 0 Å². The molecule has 358 valence electrons. The summed E-state index contributed by atoms with van der Waals surface area (Å²) in [5.74, 6) is 0. The maximum atomic E-state index is 6.90. The predicted molar refractivity (Wildman–Crippen MR) is 319 cm³/mol. The van der Waals surface area contributed by atoms with Gasteiger partial charge in [-0.15, -0.1) is 0 Å². The van der Waals surface area contributed by atoms with Crippen LogP contribution in [0.25, 0.3) is 110 Å². The zero-order valence-corrected chi connectivity index (χ0v) is 41.7. The lowest BCUT2D eigenvalue weighted by atomic mass is 9.70. The number of nitrogens with zero attached hydrogens (tertiary/aromatic N) is 3. The number of furan rings is 1. The number of rotatable bonds is 6. The number of hydrogen-bond acceptors (Lipinski definition) is 2. The first-order valence-electron chi connectivity index (χ1n) is 26.6. The summed E-state index contributed by atoms with van der Waals surface area (Å²) in [4.78, 5) is 2.42. The number of para-hydroxylation sites is 6. The minimum Gasteiger partial charge on any atom is -0.454 e. The van der Waals surface area contributed by atoms with Crippen LogP contribution in [0.3, 0.4) is 0 Å². The Kier molecular flexibility index (Phi) is 8.73. The van der Waals surface area contributed by atoms with Gasteiger partial charge in [-0.05, 0) is 147 Å². The minimum absolute atomic E-state index is 0.596. The predicted octanol–water partition coefficient (Wildman–Crippen LogP) is 19.3. The highest BCUT2D eigenvalue weighted by Crippen LogP contribution is 2.65. The molecule has 0 fully saturated rings. The molecule has 17 rings (SSSR count). The molecule has 12 aromatic carbocycles. The first kappa shape index (κ1) is 42.2. The molecule has 2 aliphatic carbocycles. The maximum absolute atomic E-state index is 6.90. The molecule has 4 heteroatoms. The molecule has 4 nitrogen and oxygen atoms in total. The van der Waals surface area contributed by atoms with Gasteiger partial charge in [-0.1, -0.05) is 182 Å². The van der Waals surface area contributed by atoms with Crippen LogP contribution in [0.15, 0.2) is 277 Å². The Labute approximate surface area is 444 Å². The minimum atomic E-state index is -0.596. The van der Waals surface area contributed by atoms with Crippen LogP contribution in [0.1, 0.15) is 22.3 Å². The summed E-state index contributed by atoms with van der Waals surface area (Å²) >= 11 is 0. The fourth-order valence-electron chi connectivity index (χ4n) is 13.8. The van der Waals surface area contributed by atoms with Gasteiger partial charge in [0.05, 0.1) is 33.2 Å². The van der Waals surface area contributed by atoms with Gasteiger partial charge < -0.3 is 18.5 Å². The normalized spacial score (nSPS) is 14.3. The quantitative estimate of drug-likeness (QED) is 0.166. The Morgan fingerprint density at radius 2 is 0.883 bits per heavy atom. The molecule has 1 atom stereocenters. The monoisotopic (exact) mass is 979 g/mol. The van der Waals surface area contributed by atoms with Crippen LogP contribution in [0.5, 0.6) is 0 Å². The number of hydrogen-bond donors (Lipinski definition) is 0. The van der Waals surface area contributed by atoms with E-state index < -0.39 is 5.41 Å². The molecule has 3 aromatic heterocycles. The van der Waals surface area contributed by atoms with E-state index in [9.17, 15) is 0 Å². The summed E-state index contributed by atoms with van der Waals surface area (Å²) in [6, 6.07) is 100. The van der Waals surface area contributed by atoms with Gasteiger partial charge in [0, 0.05) is 55.1 Å². The van der Waals surface area contributed by atoms with E-state index in [1.165, 1.54) is 93.7 Å². The lowest BCUT2D eigenvalue weighted by Gasteiger charge is -2.32. The van der Waals surface area contributed by atoms with Gasteiger partial charge in [0.15, 0.2) is 5.58 Å². The topological polar surface area (TPSA) is 26.2 Å². The Bertz CT molecular complexity index is 4920. The number of fused-ring (bicyclic) bond motifs is 20. The SMILES string of the molecule is c1ccc(-n2c3ccccc3c3cc(-c4ccc(N(c5ccc6c(c5)C5(c7ccccc7-6)c6ccccc6-c6c5ccc5c6c6ccccc6n5-c5ccccc5)c5cccc6c5oc5ccccc56)cc4)ccc32)cc1. The van der Waals surface area contributed by atoms with Crippen LogP contribution >= 0.6 is 0 Å². The molecule has 0 radical (unpaired) electrons. The van der Waals surface area contributed by atoms with Crippen LogP contribution in [0.4, 0.5) is 17.1 Å². The van der Waals surface area contributed by atoms with Crippen molar-refractivity contribution in [3.8, 4) is 44.8 Å². The molecule has 2 aliphatic rings. The van der Waals surface area contributed by atoms with Gasteiger partial charge in [-0.2, -0.15) is 0 Å². The Morgan fingerprint density at radius 1 is 0.325 bits per heavy atom. The molecule has 15 aromatic rings. The van der Waals surface area contributed by atoms with Crippen LogP contribution in [0, 0.1) is 0 Å². The van der Waals surface area contributed by atoms with E-state index in [1.54, 1.807) is 0 Å². The average molecular weight is 980 g/mol. The summed E-state index contributed by atoms with van der Waals surface area (Å²) < 4.78 is 11.7. The zero-order valence-electron chi connectivity index (χ0n) is 41.7. The van der Waals surface area contributed by atoms with E-state index in [1.807, 2.05) is 0 Å². The van der Waals surface area contributed by atoms with Crippen LogP contribution < -0.4 is 4.90 Å². The third kappa shape index (κ3) is 5.76. The van der Waals surface area contributed by atoms with Crippen LogP contribution in [-0.4, -0.2) is 9.13 Å². The van der Waals surface area contributed by atoms with E-state index in [2.05, 4.69) is 287 Å². The smallest absolute Gasteiger partial charge is 0.159 e. The highest BCUT2D eigenvalue weighted by Gasteiger charge is 2.52.